The fourth-order valence-corrected chi connectivity index (χ4v) is 3.62. The molecule has 0 aliphatic carbocycles. The summed E-state index contributed by atoms with van der Waals surface area (Å²) in [6, 6.07) is 0. The minimum Gasteiger partial charge on any atom is -0.314 e. The quantitative estimate of drug-likeness (QED) is 0.205. The van der Waals surface area contributed by atoms with E-state index in [1.807, 2.05) is 7.05 Å². The molecule has 0 saturated heterocycles. The van der Waals surface area contributed by atoms with Crippen LogP contribution in [0, 0.1) is 0 Å². The average molecular weight is 352 g/mol. The Bertz CT molecular complexity index is 383. The minimum absolute atomic E-state index is 0.150. The van der Waals surface area contributed by atoms with Crippen molar-refractivity contribution < 1.29 is 17.5 Å². The van der Waals surface area contributed by atoms with Gasteiger partial charge in [0.05, 0.1) is 26.4 Å². The first-order valence-electron chi connectivity index (χ1n) is 9.18. The molecule has 5 nitrogen and oxygen atoms in total. The average Bonchev–Trinajstić information content (AvgIpc) is 2.43. The molecule has 0 aliphatic heterocycles. The molecule has 140 valence electrons. The van der Waals surface area contributed by atoms with Gasteiger partial charge in [-0.3, -0.25) is 9.87 Å². The van der Waals surface area contributed by atoms with Gasteiger partial charge in [0.25, 0.3) is 10.1 Å². The van der Waals surface area contributed by atoms with Crippen LogP contribution in [-0.4, -0.2) is 57.1 Å². The predicted octanol–water partition coefficient (Wildman–Crippen LogP) is 3.42. The Balaban J connectivity index is 3.93. The SMILES string of the molecule is CCCCCCCCCCC(NC)[N+](C)(C)CCCS(=O)(=O)O. The summed E-state index contributed by atoms with van der Waals surface area (Å²) in [7, 11) is 2.37. The van der Waals surface area contributed by atoms with Gasteiger partial charge in [0.15, 0.2) is 0 Å². The first-order valence-corrected chi connectivity index (χ1v) is 10.8. The van der Waals surface area contributed by atoms with Crippen LogP contribution in [0.2, 0.25) is 0 Å². The van der Waals surface area contributed by atoms with Crippen molar-refractivity contribution in [3.05, 3.63) is 0 Å². The van der Waals surface area contributed by atoms with E-state index in [1.54, 1.807) is 0 Å². The smallest absolute Gasteiger partial charge is 0.265 e. The van der Waals surface area contributed by atoms with Gasteiger partial charge in [-0.2, -0.15) is 8.42 Å². The van der Waals surface area contributed by atoms with Crippen molar-refractivity contribution in [3.8, 4) is 0 Å². The highest BCUT2D eigenvalue weighted by molar-refractivity contribution is 7.85. The van der Waals surface area contributed by atoms with E-state index in [0.29, 0.717) is 12.6 Å². The lowest BCUT2D eigenvalue weighted by molar-refractivity contribution is -0.918. The number of unbranched alkanes of at least 4 members (excludes halogenated alkanes) is 7. The first-order chi connectivity index (χ1) is 10.7. The fraction of sp³-hybridized carbons (Fsp3) is 1.00. The van der Waals surface area contributed by atoms with Crippen LogP contribution < -0.4 is 5.32 Å². The number of hydrogen-bond acceptors (Lipinski definition) is 3. The first kappa shape index (κ1) is 22.8. The van der Waals surface area contributed by atoms with E-state index >= 15 is 0 Å². The minimum atomic E-state index is -3.84. The maximum absolute atomic E-state index is 10.8. The lowest BCUT2D eigenvalue weighted by Gasteiger charge is -2.38. The van der Waals surface area contributed by atoms with Crippen molar-refractivity contribution >= 4 is 10.1 Å². The van der Waals surface area contributed by atoms with Crippen molar-refractivity contribution in [1.82, 2.24) is 5.32 Å². The normalized spacial score (nSPS) is 14.1. The van der Waals surface area contributed by atoms with Gasteiger partial charge in [-0.1, -0.05) is 51.9 Å². The van der Waals surface area contributed by atoms with Crippen LogP contribution in [0.25, 0.3) is 0 Å². The van der Waals surface area contributed by atoms with Crippen molar-refractivity contribution in [2.45, 2.75) is 77.3 Å². The van der Waals surface area contributed by atoms with E-state index in [1.165, 1.54) is 51.4 Å². The van der Waals surface area contributed by atoms with Crippen LogP contribution in [0.4, 0.5) is 0 Å². The molecule has 23 heavy (non-hydrogen) atoms. The standard InChI is InChI=1S/C17H38N2O3S/c1-5-6-7-8-9-10-11-12-14-17(18-2)19(3,4)15-13-16-23(20,21)22/h17-18H,5-16H2,1-4H3/p+1. The Labute approximate surface area is 144 Å². The van der Waals surface area contributed by atoms with Gasteiger partial charge < -0.3 is 4.48 Å². The topological polar surface area (TPSA) is 66.4 Å². The van der Waals surface area contributed by atoms with Gasteiger partial charge in [0.2, 0.25) is 0 Å². The molecular weight excluding hydrogens is 312 g/mol. The summed E-state index contributed by atoms with van der Waals surface area (Å²) < 4.78 is 31.2. The second kappa shape index (κ2) is 12.2. The Kier molecular flexibility index (Phi) is 12.1. The molecule has 1 unspecified atom stereocenters. The summed E-state index contributed by atoms with van der Waals surface area (Å²) in [5.74, 6) is -0.150. The molecule has 0 aromatic carbocycles. The Hall–Kier alpha value is -0.170. The van der Waals surface area contributed by atoms with Crippen LogP contribution in [0.3, 0.4) is 0 Å². The largest absolute Gasteiger partial charge is 0.314 e. The molecule has 0 saturated carbocycles. The zero-order valence-corrected chi connectivity index (χ0v) is 16.5. The molecule has 0 amide bonds. The number of nitrogens with one attached hydrogen (secondary N) is 1. The highest BCUT2D eigenvalue weighted by Crippen LogP contribution is 2.15. The number of hydrogen-bond donors (Lipinski definition) is 2. The Morgan fingerprint density at radius 1 is 0.957 bits per heavy atom. The molecule has 0 heterocycles. The van der Waals surface area contributed by atoms with Crippen LogP contribution in [-0.2, 0) is 10.1 Å². The van der Waals surface area contributed by atoms with Crippen LogP contribution in [0.1, 0.15) is 71.1 Å². The molecule has 0 fully saturated rings. The van der Waals surface area contributed by atoms with Crippen molar-refractivity contribution in [1.29, 1.82) is 0 Å². The van der Waals surface area contributed by atoms with Crippen molar-refractivity contribution in [2.75, 3.05) is 33.4 Å². The van der Waals surface area contributed by atoms with E-state index in [-0.39, 0.29) is 5.75 Å². The van der Waals surface area contributed by atoms with E-state index in [4.69, 9.17) is 4.55 Å². The summed E-state index contributed by atoms with van der Waals surface area (Å²) in [6.45, 7) is 2.98. The van der Waals surface area contributed by atoms with Crippen LogP contribution in [0.15, 0.2) is 0 Å². The van der Waals surface area contributed by atoms with Gasteiger partial charge in [0, 0.05) is 12.8 Å². The van der Waals surface area contributed by atoms with E-state index in [0.717, 1.165) is 17.4 Å². The summed E-state index contributed by atoms with van der Waals surface area (Å²) in [5, 5.41) is 3.37. The lowest BCUT2D eigenvalue weighted by atomic mass is 10.1. The summed E-state index contributed by atoms with van der Waals surface area (Å²) in [5.41, 5.74) is 0. The number of nitrogens with zero attached hydrogens (tertiary/aromatic N) is 1. The molecule has 1 atom stereocenters. The second-order valence-corrected chi connectivity index (χ2v) is 8.78. The molecule has 0 aromatic heterocycles. The van der Waals surface area contributed by atoms with Crippen LogP contribution in [0.5, 0.6) is 0 Å². The maximum atomic E-state index is 10.8. The molecule has 0 radical (unpaired) electrons. The van der Waals surface area contributed by atoms with Crippen molar-refractivity contribution in [2.24, 2.45) is 0 Å². The number of rotatable bonds is 15. The maximum Gasteiger partial charge on any atom is 0.265 e. The van der Waals surface area contributed by atoms with E-state index < -0.39 is 10.1 Å². The zero-order valence-electron chi connectivity index (χ0n) is 15.7. The lowest BCUT2D eigenvalue weighted by Crippen LogP contribution is -2.55. The third kappa shape index (κ3) is 12.9. The van der Waals surface area contributed by atoms with Gasteiger partial charge in [-0.15, -0.1) is 0 Å². The van der Waals surface area contributed by atoms with Crippen molar-refractivity contribution in [3.63, 3.8) is 0 Å². The monoisotopic (exact) mass is 351 g/mol. The third-order valence-corrected chi connectivity index (χ3v) is 5.45. The molecule has 0 spiro atoms. The predicted molar refractivity (Wildman–Crippen MR) is 98.1 cm³/mol. The third-order valence-electron chi connectivity index (χ3n) is 4.64. The van der Waals surface area contributed by atoms with E-state index in [2.05, 4.69) is 26.3 Å². The summed E-state index contributed by atoms with van der Waals surface area (Å²) in [4.78, 5) is 0. The van der Waals surface area contributed by atoms with Gasteiger partial charge in [0.1, 0.15) is 6.17 Å². The van der Waals surface area contributed by atoms with E-state index in [9.17, 15) is 8.42 Å². The highest BCUT2D eigenvalue weighted by atomic mass is 32.2. The zero-order chi connectivity index (χ0) is 17.8. The Morgan fingerprint density at radius 3 is 1.96 bits per heavy atom. The highest BCUT2D eigenvalue weighted by Gasteiger charge is 2.26. The molecular formula is C17H39N2O3S+. The fourth-order valence-electron chi connectivity index (χ4n) is 3.13. The second-order valence-electron chi connectivity index (χ2n) is 7.21. The molecule has 0 rings (SSSR count). The molecule has 0 aliphatic rings. The summed E-state index contributed by atoms with van der Waals surface area (Å²) in [6.07, 6.45) is 12.4. The number of quaternary nitrogens is 1. The molecule has 6 heteroatoms. The van der Waals surface area contributed by atoms with Gasteiger partial charge >= 0.3 is 0 Å². The molecule has 2 N–H and O–H groups in total. The van der Waals surface area contributed by atoms with Crippen LogP contribution >= 0.6 is 0 Å². The Morgan fingerprint density at radius 2 is 1.48 bits per heavy atom. The summed E-state index contributed by atoms with van der Waals surface area (Å²) >= 11 is 0. The molecule has 0 aromatic rings. The van der Waals surface area contributed by atoms with Gasteiger partial charge in [-0.05, 0) is 13.5 Å². The van der Waals surface area contributed by atoms with Gasteiger partial charge in [-0.25, -0.2) is 0 Å². The molecule has 0 bridgehead atoms.